The monoisotopic (exact) mass is 279 g/mol. The first kappa shape index (κ1) is 15.1. The number of hydrogen-bond acceptors (Lipinski definition) is 2. The van der Waals surface area contributed by atoms with E-state index in [0.717, 1.165) is 30.2 Å². The highest BCUT2D eigenvalue weighted by atomic mass is 32.1. The molecule has 0 spiro atoms. The zero-order valence-corrected chi connectivity index (χ0v) is 13.7. The van der Waals surface area contributed by atoms with Gasteiger partial charge in [0.25, 0.3) is 0 Å². The van der Waals surface area contributed by atoms with Gasteiger partial charge in [0, 0.05) is 4.88 Å². The van der Waals surface area contributed by atoms with Crippen molar-refractivity contribution in [2.75, 3.05) is 13.1 Å². The molecule has 2 rings (SSSR count). The van der Waals surface area contributed by atoms with Gasteiger partial charge in [-0.15, -0.1) is 11.3 Å². The first-order chi connectivity index (χ1) is 9.13. The summed E-state index contributed by atoms with van der Waals surface area (Å²) in [4.78, 5) is 1.66. The van der Waals surface area contributed by atoms with Crippen LogP contribution >= 0.6 is 11.3 Å². The van der Waals surface area contributed by atoms with Gasteiger partial charge in [0.05, 0.1) is 0 Å². The summed E-state index contributed by atoms with van der Waals surface area (Å²) in [6.45, 7) is 11.6. The van der Waals surface area contributed by atoms with Crippen LogP contribution in [0, 0.1) is 24.7 Å². The molecule has 1 heterocycles. The van der Waals surface area contributed by atoms with Crippen molar-refractivity contribution < 1.29 is 0 Å². The van der Waals surface area contributed by atoms with Crippen LogP contribution < -0.4 is 5.32 Å². The van der Waals surface area contributed by atoms with Gasteiger partial charge in [-0.1, -0.05) is 20.8 Å². The molecule has 1 aliphatic rings. The van der Waals surface area contributed by atoms with E-state index in [1.165, 1.54) is 31.4 Å². The van der Waals surface area contributed by atoms with Gasteiger partial charge >= 0.3 is 0 Å². The van der Waals surface area contributed by atoms with Crippen molar-refractivity contribution >= 4 is 11.3 Å². The van der Waals surface area contributed by atoms with Crippen LogP contribution in [0.15, 0.2) is 11.4 Å². The molecule has 0 aliphatic heterocycles. The van der Waals surface area contributed by atoms with Crippen LogP contribution in [0.25, 0.3) is 0 Å². The fourth-order valence-electron chi connectivity index (χ4n) is 3.53. The lowest BCUT2D eigenvalue weighted by molar-refractivity contribution is 0.192. The molecule has 0 amide bonds. The second-order valence-electron chi connectivity index (χ2n) is 6.46. The van der Waals surface area contributed by atoms with Gasteiger partial charge in [0.1, 0.15) is 0 Å². The molecule has 19 heavy (non-hydrogen) atoms. The van der Waals surface area contributed by atoms with E-state index >= 15 is 0 Å². The predicted molar refractivity (Wildman–Crippen MR) is 86.0 cm³/mol. The van der Waals surface area contributed by atoms with Gasteiger partial charge < -0.3 is 5.32 Å². The molecule has 1 aliphatic carbocycles. The molecule has 3 atom stereocenters. The molecule has 1 fully saturated rings. The first-order valence-electron chi connectivity index (χ1n) is 7.88. The second kappa shape index (κ2) is 6.90. The standard InChI is InChI=1S/C17H29NS/c1-5-18-11-15-7-6-14(12(2)3)10-16(15)17-13(4)8-9-19-17/h8-9,12,14-16,18H,5-7,10-11H2,1-4H3. The molecule has 1 saturated carbocycles. The van der Waals surface area contributed by atoms with E-state index in [1.807, 2.05) is 11.3 Å². The van der Waals surface area contributed by atoms with Crippen LogP contribution in [-0.2, 0) is 0 Å². The summed E-state index contributed by atoms with van der Waals surface area (Å²) in [6, 6.07) is 2.29. The second-order valence-corrected chi connectivity index (χ2v) is 7.41. The Hall–Kier alpha value is -0.340. The predicted octanol–water partition coefficient (Wildman–Crippen LogP) is 4.82. The molecule has 0 aromatic carbocycles. The molecule has 1 aromatic heterocycles. The van der Waals surface area contributed by atoms with Gasteiger partial charge in [0.15, 0.2) is 0 Å². The average Bonchev–Trinajstić information content (AvgIpc) is 2.82. The Morgan fingerprint density at radius 1 is 1.37 bits per heavy atom. The number of rotatable bonds is 5. The maximum Gasteiger partial charge on any atom is 0.0109 e. The van der Waals surface area contributed by atoms with Crippen molar-refractivity contribution in [3.8, 4) is 0 Å². The molecular weight excluding hydrogens is 250 g/mol. The summed E-state index contributed by atoms with van der Waals surface area (Å²) in [5.41, 5.74) is 1.51. The maximum atomic E-state index is 3.58. The lowest BCUT2D eigenvalue weighted by Crippen LogP contribution is -2.33. The molecular formula is C17H29NS. The number of thiophene rings is 1. The SMILES string of the molecule is CCNCC1CCC(C(C)C)CC1c1sccc1C. The van der Waals surface area contributed by atoms with Crippen LogP contribution in [0.4, 0.5) is 0 Å². The van der Waals surface area contributed by atoms with E-state index in [4.69, 9.17) is 0 Å². The Morgan fingerprint density at radius 2 is 2.16 bits per heavy atom. The molecule has 1 N–H and O–H groups in total. The summed E-state index contributed by atoms with van der Waals surface area (Å²) in [7, 11) is 0. The van der Waals surface area contributed by atoms with Crippen molar-refractivity contribution in [2.24, 2.45) is 17.8 Å². The average molecular weight is 279 g/mol. The van der Waals surface area contributed by atoms with Gasteiger partial charge in [-0.25, -0.2) is 0 Å². The van der Waals surface area contributed by atoms with Crippen LogP contribution in [-0.4, -0.2) is 13.1 Å². The molecule has 0 bridgehead atoms. The van der Waals surface area contributed by atoms with Crippen molar-refractivity contribution in [1.82, 2.24) is 5.32 Å². The summed E-state index contributed by atoms with van der Waals surface area (Å²) in [5, 5.41) is 5.85. The van der Waals surface area contributed by atoms with Crippen molar-refractivity contribution in [1.29, 1.82) is 0 Å². The van der Waals surface area contributed by atoms with Crippen LogP contribution in [0.1, 0.15) is 56.4 Å². The van der Waals surface area contributed by atoms with Gasteiger partial charge in [0.2, 0.25) is 0 Å². The molecule has 108 valence electrons. The van der Waals surface area contributed by atoms with Crippen molar-refractivity contribution in [2.45, 2.75) is 52.9 Å². The maximum absolute atomic E-state index is 3.58. The summed E-state index contributed by atoms with van der Waals surface area (Å²) in [6.07, 6.45) is 4.22. The highest BCUT2D eigenvalue weighted by Gasteiger charge is 2.33. The third-order valence-corrected chi connectivity index (χ3v) is 6.02. The fraction of sp³-hybridized carbons (Fsp3) is 0.765. The lowest BCUT2D eigenvalue weighted by Gasteiger charge is -2.38. The fourth-order valence-corrected chi connectivity index (χ4v) is 4.67. The Labute approximate surface area is 122 Å². The van der Waals surface area contributed by atoms with Crippen LogP contribution in [0.2, 0.25) is 0 Å². The van der Waals surface area contributed by atoms with Gasteiger partial charge in [-0.2, -0.15) is 0 Å². The quantitative estimate of drug-likeness (QED) is 0.814. The van der Waals surface area contributed by atoms with Crippen molar-refractivity contribution in [3.63, 3.8) is 0 Å². The Morgan fingerprint density at radius 3 is 2.74 bits per heavy atom. The number of aryl methyl sites for hydroxylation is 1. The van der Waals surface area contributed by atoms with E-state index in [9.17, 15) is 0 Å². The van der Waals surface area contributed by atoms with Gasteiger partial charge in [-0.3, -0.25) is 0 Å². The lowest BCUT2D eigenvalue weighted by atomic mass is 9.69. The molecule has 1 nitrogen and oxygen atoms in total. The van der Waals surface area contributed by atoms with E-state index < -0.39 is 0 Å². The van der Waals surface area contributed by atoms with Crippen LogP contribution in [0.5, 0.6) is 0 Å². The van der Waals surface area contributed by atoms with E-state index in [-0.39, 0.29) is 0 Å². The number of nitrogens with one attached hydrogen (secondary N) is 1. The minimum absolute atomic E-state index is 0.792. The third kappa shape index (κ3) is 3.61. The zero-order valence-electron chi connectivity index (χ0n) is 12.9. The summed E-state index contributed by atoms with van der Waals surface area (Å²) < 4.78 is 0. The topological polar surface area (TPSA) is 12.0 Å². The minimum atomic E-state index is 0.792. The normalized spacial score (nSPS) is 27.9. The Kier molecular flexibility index (Phi) is 5.47. The molecule has 2 heteroatoms. The highest BCUT2D eigenvalue weighted by molar-refractivity contribution is 7.10. The molecule has 0 saturated heterocycles. The molecule has 1 aromatic rings. The first-order valence-corrected chi connectivity index (χ1v) is 8.76. The zero-order chi connectivity index (χ0) is 13.8. The Bertz CT molecular complexity index is 382. The molecule has 0 radical (unpaired) electrons. The van der Waals surface area contributed by atoms with E-state index in [1.54, 1.807) is 4.88 Å². The Balaban J connectivity index is 2.13. The van der Waals surface area contributed by atoms with Crippen LogP contribution in [0.3, 0.4) is 0 Å². The van der Waals surface area contributed by atoms with E-state index in [0.29, 0.717) is 0 Å². The van der Waals surface area contributed by atoms with Gasteiger partial charge in [-0.05, 0) is 80.0 Å². The highest BCUT2D eigenvalue weighted by Crippen LogP contribution is 2.45. The van der Waals surface area contributed by atoms with E-state index in [2.05, 4.69) is 44.5 Å². The third-order valence-electron chi connectivity index (χ3n) is 4.87. The molecule has 3 unspecified atom stereocenters. The largest absolute Gasteiger partial charge is 0.317 e. The van der Waals surface area contributed by atoms with Crippen molar-refractivity contribution in [3.05, 3.63) is 21.9 Å². The smallest absolute Gasteiger partial charge is 0.0109 e. The number of hydrogen-bond donors (Lipinski definition) is 1. The summed E-state index contributed by atoms with van der Waals surface area (Å²) in [5.74, 6) is 3.39. The minimum Gasteiger partial charge on any atom is -0.317 e. The summed E-state index contributed by atoms with van der Waals surface area (Å²) >= 11 is 1.98.